The van der Waals surface area contributed by atoms with Crippen LogP contribution in [0.1, 0.15) is 29.7 Å². The van der Waals surface area contributed by atoms with E-state index in [0.717, 1.165) is 76.2 Å². The normalized spacial score (nSPS) is 16.1. The highest BCUT2D eigenvalue weighted by atomic mass is 16.5. The number of hydrogen-bond acceptors (Lipinski definition) is 7. The van der Waals surface area contributed by atoms with Gasteiger partial charge in [-0.25, -0.2) is 0 Å². The monoisotopic (exact) mass is 516 g/mol. The number of nitrogens with zero attached hydrogens (tertiary/aromatic N) is 4. The van der Waals surface area contributed by atoms with Crippen molar-refractivity contribution in [3.8, 4) is 5.75 Å². The highest BCUT2D eigenvalue weighted by molar-refractivity contribution is 5.52. The predicted molar refractivity (Wildman–Crippen MR) is 152 cm³/mol. The fraction of sp³-hybridized carbons (Fsp3) is 0.452. The van der Waals surface area contributed by atoms with Crippen LogP contribution >= 0.6 is 0 Å². The smallest absolute Gasteiger partial charge is 0.119 e. The van der Waals surface area contributed by atoms with Crippen LogP contribution in [-0.2, 0) is 29.2 Å². The van der Waals surface area contributed by atoms with Gasteiger partial charge in [-0.15, -0.1) is 0 Å². The average Bonchev–Trinajstić information content (AvgIpc) is 3.51. The van der Waals surface area contributed by atoms with Gasteiger partial charge in [0.05, 0.1) is 39.2 Å². The zero-order chi connectivity index (χ0) is 26.0. The number of ether oxygens (including phenoxy) is 3. The molecule has 0 aliphatic carbocycles. The van der Waals surface area contributed by atoms with Crippen molar-refractivity contribution >= 4 is 11.4 Å². The summed E-state index contributed by atoms with van der Waals surface area (Å²) >= 11 is 0. The van der Waals surface area contributed by atoms with Crippen LogP contribution in [0, 0.1) is 0 Å². The molecule has 7 heteroatoms. The largest absolute Gasteiger partial charge is 0.497 e. The second kappa shape index (κ2) is 13.6. The summed E-state index contributed by atoms with van der Waals surface area (Å²) in [4.78, 5) is 11.9. The molecule has 0 unspecified atom stereocenters. The molecule has 0 spiro atoms. The zero-order valence-corrected chi connectivity index (χ0v) is 22.6. The Kier molecular flexibility index (Phi) is 9.48. The van der Waals surface area contributed by atoms with Crippen molar-refractivity contribution in [2.24, 2.45) is 0 Å². The summed E-state index contributed by atoms with van der Waals surface area (Å²) < 4.78 is 16.9. The lowest BCUT2D eigenvalue weighted by Crippen LogP contribution is -2.38. The molecule has 1 aromatic heterocycles. The zero-order valence-electron chi connectivity index (χ0n) is 22.6. The molecule has 7 nitrogen and oxygen atoms in total. The Balaban J connectivity index is 1.29. The molecule has 2 fully saturated rings. The van der Waals surface area contributed by atoms with Crippen LogP contribution in [0.4, 0.5) is 11.4 Å². The number of hydrogen-bond donors (Lipinski definition) is 0. The fourth-order valence-corrected chi connectivity index (χ4v) is 5.21. The summed E-state index contributed by atoms with van der Waals surface area (Å²) in [7, 11) is 1.72. The van der Waals surface area contributed by atoms with Crippen molar-refractivity contribution in [2.45, 2.75) is 32.5 Å². The Bertz CT molecular complexity index is 1150. The van der Waals surface area contributed by atoms with E-state index >= 15 is 0 Å². The van der Waals surface area contributed by atoms with Crippen molar-refractivity contribution in [1.82, 2.24) is 9.88 Å². The van der Waals surface area contributed by atoms with E-state index in [1.807, 2.05) is 12.3 Å². The summed E-state index contributed by atoms with van der Waals surface area (Å²) in [5.74, 6) is 0.877. The number of aromatic nitrogens is 1. The highest BCUT2D eigenvalue weighted by Crippen LogP contribution is 2.26. The SMILES string of the molecule is COc1cccc(CN(Cc2cccc(N3CCCC3)c2)c2ccnc(COCCN3CCOCC3)c2)c1. The first-order valence-corrected chi connectivity index (χ1v) is 13.8. The molecule has 5 rings (SSSR count). The number of rotatable bonds is 12. The fourth-order valence-electron chi connectivity index (χ4n) is 5.21. The Morgan fingerprint density at radius 3 is 2.45 bits per heavy atom. The van der Waals surface area contributed by atoms with Crippen LogP contribution in [0.15, 0.2) is 66.9 Å². The number of morpholine rings is 1. The van der Waals surface area contributed by atoms with Gasteiger partial charge in [-0.2, -0.15) is 0 Å². The Labute approximate surface area is 226 Å². The van der Waals surface area contributed by atoms with Gasteiger partial charge < -0.3 is 24.0 Å². The molecular formula is C31H40N4O3. The van der Waals surface area contributed by atoms with Crippen molar-refractivity contribution in [1.29, 1.82) is 0 Å². The van der Waals surface area contributed by atoms with Crippen molar-refractivity contribution in [2.75, 3.05) is 69.5 Å². The van der Waals surface area contributed by atoms with Gasteiger partial charge in [0.15, 0.2) is 0 Å². The number of benzene rings is 2. The molecule has 0 radical (unpaired) electrons. The molecule has 0 saturated carbocycles. The quantitative estimate of drug-likeness (QED) is 0.322. The second-order valence-corrected chi connectivity index (χ2v) is 10.1. The van der Waals surface area contributed by atoms with Gasteiger partial charge in [0.1, 0.15) is 5.75 Å². The van der Waals surface area contributed by atoms with Crippen LogP contribution in [0.5, 0.6) is 5.75 Å². The Morgan fingerprint density at radius 1 is 0.895 bits per heavy atom. The molecule has 3 aromatic rings. The molecule has 2 aromatic carbocycles. The van der Waals surface area contributed by atoms with E-state index < -0.39 is 0 Å². The molecule has 3 heterocycles. The first-order chi connectivity index (χ1) is 18.8. The molecule has 2 aliphatic heterocycles. The van der Waals surface area contributed by atoms with Crippen LogP contribution in [0.2, 0.25) is 0 Å². The standard InChI is InChI=1S/C31H40N4O3/c1-36-31-9-5-7-27(21-31)24-35(23-26-6-4-8-29(20-26)34-12-2-3-13-34)30-10-11-32-28(22-30)25-38-19-16-33-14-17-37-18-15-33/h4-11,20-22H,2-3,12-19,23-25H2,1H3. The number of pyridine rings is 1. The lowest BCUT2D eigenvalue weighted by Gasteiger charge is -2.27. The number of anilines is 2. The van der Waals surface area contributed by atoms with E-state index in [1.165, 1.54) is 29.7 Å². The molecule has 202 valence electrons. The van der Waals surface area contributed by atoms with Gasteiger partial charge in [-0.05, 0) is 60.4 Å². The van der Waals surface area contributed by atoms with Gasteiger partial charge in [-0.3, -0.25) is 9.88 Å². The van der Waals surface area contributed by atoms with Gasteiger partial charge in [0.25, 0.3) is 0 Å². The van der Waals surface area contributed by atoms with Gasteiger partial charge in [0.2, 0.25) is 0 Å². The minimum Gasteiger partial charge on any atom is -0.497 e. The lowest BCUT2D eigenvalue weighted by atomic mass is 10.1. The van der Waals surface area contributed by atoms with E-state index in [0.29, 0.717) is 13.2 Å². The van der Waals surface area contributed by atoms with Gasteiger partial charge in [-0.1, -0.05) is 24.3 Å². The molecule has 2 saturated heterocycles. The average molecular weight is 517 g/mol. The van der Waals surface area contributed by atoms with E-state index in [2.05, 4.69) is 74.3 Å². The van der Waals surface area contributed by atoms with Crippen molar-refractivity contribution in [3.05, 3.63) is 83.7 Å². The third-order valence-corrected chi connectivity index (χ3v) is 7.33. The molecule has 2 aliphatic rings. The van der Waals surface area contributed by atoms with E-state index in [1.54, 1.807) is 7.11 Å². The molecule has 0 atom stereocenters. The molecule has 0 N–H and O–H groups in total. The van der Waals surface area contributed by atoms with Gasteiger partial charge in [0, 0.05) is 63.4 Å². The van der Waals surface area contributed by atoms with Crippen molar-refractivity contribution < 1.29 is 14.2 Å². The summed E-state index contributed by atoms with van der Waals surface area (Å²) in [5.41, 5.74) is 5.93. The highest BCUT2D eigenvalue weighted by Gasteiger charge is 2.15. The summed E-state index contributed by atoms with van der Waals surface area (Å²) in [6, 6.07) is 21.6. The minimum atomic E-state index is 0.510. The van der Waals surface area contributed by atoms with Crippen molar-refractivity contribution in [3.63, 3.8) is 0 Å². The maximum Gasteiger partial charge on any atom is 0.119 e. The topological polar surface area (TPSA) is 50.3 Å². The minimum absolute atomic E-state index is 0.510. The molecular weight excluding hydrogens is 476 g/mol. The molecule has 38 heavy (non-hydrogen) atoms. The van der Waals surface area contributed by atoms with Crippen LogP contribution in [0.25, 0.3) is 0 Å². The third kappa shape index (κ3) is 7.47. The third-order valence-electron chi connectivity index (χ3n) is 7.33. The first-order valence-electron chi connectivity index (χ1n) is 13.8. The van der Waals surface area contributed by atoms with Crippen LogP contribution in [0.3, 0.4) is 0 Å². The Morgan fingerprint density at radius 2 is 1.66 bits per heavy atom. The maximum atomic E-state index is 6.01. The van der Waals surface area contributed by atoms with E-state index in [4.69, 9.17) is 14.2 Å². The maximum absolute atomic E-state index is 6.01. The second-order valence-electron chi connectivity index (χ2n) is 10.1. The molecule has 0 bridgehead atoms. The first kappa shape index (κ1) is 26.5. The summed E-state index contributed by atoms with van der Waals surface area (Å²) in [6.45, 7) is 9.60. The lowest BCUT2D eigenvalue weighted by molar-refractivity contribution is 0.0177. The van der Waals surface area contributed by atoms with Crippen LogP contribution < -0.4 is 14.5 Å². The number of methoxy groups -OCH3 is 1. The summed E-state index contributed by atoms with van der Waals surface area (Å²) in [5, 5.41) is 0. The summed E-state index contributed by atoms with van der Waals surface area (Å²) in [6.07, 6.45) is 4.45. The van der Waals surface area contributed by atoms with E-state index in [9.17, 15) is 0 Å². The molecule has 0 amide bonds. The Hall–Kier alpha value is -3.13. The van der Waals surface area contributed by atoms with E-state index in [-0.39, 0.29) is 0 Å². The van der Waals surface area contributed by atoms with Gasteiger partial charge >= 0.3 is 0 Å². The van der Waals surface area contributed by atoms with Crippen LogP contribution in [-0.4, -0.2) is 69.5 Å². The predicted octanol–water partition coefficient (Wildman–Crippen LogP) is 4.75.